The van der Waals surface area contributed by atoms with Gasteiger partial charge in [-0.15, -0.1) is 0 Å². The predicted octanol–water partition coefficient (Wildman–Crippen LogP) is 4.95. The molecule has 1 N–H and O–H groups in total. The fourth-order valence-corrected chi connectivity index (χ4v) is 6.47. The lowest BCUT2D eigenvalue weighted by Crippen LogP contribution is -2.61. The summed E-state index contributed by atoms with van der Waals surface area (Å²) in [6, 6.07) is 7.32. The van der Waals surface area contributed by atoms with Crippen molar-refractivity contribution in [1.82, 2.24) is 14.4 Å². The van der Waals surface area contributed by atoms with Gasteiger partial charge in [0.25, 0.3) is 11.5 Å². The van der Waals surface area contributed by atoms with Crippen LogP contribution in [-0.2, 0) is 11.3 Å². The van der Waals surface area contributed by atoms with Gasteiger partial charge in [0.05, 0.1) is 17.7 Å². The number of piperidine rings is 1. The molecule has 8 heteroatoms. The van der Waals surface area contributed by atoms with Crippen LogP contribution in [0, 0.1) is 23.1 Å². The van der Waals surface area contributed by atoms with E-state index < -0.39 is 22.4 Å². The summed E-state index contributed by atoms with van der Waals surface area (Å²) >= 11 is 0. The van der Waals surface area contributed by atoms with Crippen molar-refractivity contribution in [2.75, 3.05) is 27.2 Å². The average molecular weight is 554 g/mol. The Bertz CT molecular complexity index is 1300. The molecule has 0 spiro atoms. The molecule has 1 saturated heterocycles. The minimum atomic E-state index is -1.29. The quantitative estimate of drug-likeness (QED) is 0.526. The summed E-state index contributed by atoms with van der Waals surface area (Å²) in [6.07, 6.45) is 8.83. The number of carbonyl (C=O) groups is 2. The van der Waals surface area contributed by atoms with E-state index in [0.717, 1.165) is 6.42 Å². The maximum absolute atomic E-state index is 14.7. The highest BCUT2D eigenvalue weighted by Gasteiger charge is 2.49. The maximum Gasteiger partial charge on any atom is 0.255 e. The summed E-state index contributed by atoms with van der Waals surface area (Å²) in [5.74, 6) is -0.211. The van der Waals surface area contributed by atoms with Crippen LogP contribution in [0.1, 0.15) is 76.1 Å². The van der Waals surface area contributed by atoms with Gasteiger partial charge in [-0.25, -0.2) is 4.39 Å². The average Bonchev–Trinajstić information content (AvgIpc) is 2.91. The van der Waals surface area contributed by atoms with E-state index in [2.05, 4.69) is 0 Å². The highest BCUT2D eigenvalue weighted by molar-refractivity contribution is 6.00. The number of aromatic nitrogens is 1. The summed E-state index contributed by atoms with van der Waals surface area (Å²) in [5.41, 5.74) is -1.86. The minimum Gasteiger partial charge on any atom is -0.387 e. The summed E-state index contributed by atoms with van der Waals surface area (Å²) in [6.45, 7) is 6.60. The topological polar surface area (TPSA) is 82.8 Å². The van der Waals surface area contributed by atoms with Crippen LogP contribution in [-0.4, -0.2) is 64.1 Å². The molecule has 1 aromatic heterocycles. The van der Waals surface area contributed by atoms with Crippen molar-refractivity contribution in [3.63, 3.8) is 0 Å². The molecule has 2 aromatic rings. The Hall–Kier alpha value is -3.00. The van der Waals surface area contributed by atoms with Crippen molar-refractivity contribution in [3.05, 3.63) is 58.3 Å². The van der Waals surface area contributed by atoms with Gasteiger partial charge in [-0.2, -0.15) is 0 Å². The highest BCUT2D eigenvalue weighted by Crippen LogP contribution is 2.41. The number of pyridine rings is 1. The van der Waals surface area contributed by atoms with Gasteiger partial charge in [-0.05, 0) is 24.8 Å². The Morgan fingerprint density at radius 2 is 1.80 bits per heavy atom. The SMILES string of the molecule is CC(CC1CCCCC1)C(=O)N1CCC(O)(Cn2cc(C(=O)N(C)C)c(-c3ccccc3F)cc2=O)C(C)(C)C1. The lowest BCUT2D eigenvalue weighted by Gasteiger charge is -2.51. The third kappa shape index (κ3) is 6.17. The minimum absolute atomic E-state index is 0.0379. The van der Waals surface area contributed by atoms with Crippen molar-refractivity contribution < 1.29 is 19.1 Å². The van der Waals surface area contributed by atoms with Crippen molar-refractivity contribution in [2.45, 2.75) is 77.9 Å². The second kappa shape index (κ2) is 11.9. The Morgan fingerprint density at radius 1 is 1.12 bits per heavy atom. The molecule has 2 unspecified atom stereocenters. The first-order valence-electron chi connectivity index (χ1n) is 14.6. The molecular formula is C32H44FN3O4. The van der Waals surface area contributed by atoms with E-state index in [1.807, 2.05) is 25.7 Å². The molecule has 1 aliphatic carbocycles. The first kappa shape index (κ1) is 30.0. The summed E-state index contributed by atoms with van der Waals surface area (Å²) in [4.78, 5) is 43.0. The van der Waals surface area contributed by atoms with E-state index >= 15 is 0 Å². The van der Waals surface area contributed by atoms with Crippen molar-refractivity contribution in [1.29, 1.82) is 0 Å². The van der Waals surface area contributed by atoms with Gasteiger partial charge in [-0.1, -0.05) is 71.1 Å². The first-order valence-corrected chi connectivity index (χ1v) is 14.6. The largest absolute Gasteiger partial charge is 0.387 e. The van der Waals surface area contributed by atoms with Crippen LogP contribution in [0.3, 0.4) is 0 Å². The molecular weight excluding hydrogens is 509 g/mol. The molecule has 2 heterocycles. The number of benzene rings is 1. The van der Waals surface area contributed by atoms with E-state index in [4.69, 9.17) is 0 Å². The van der Waals surface area contributed by atoms with Crippen LogP contribution in [0.4, 0.5) is 4.39 Å². The zero-order valence-corrected chi connectivity index (χ0v) is 24.6. The summed E-state index contributed by atoms with van der Waals surface area (Å²) in [7, 11) is 3.20. The Balaban J connectivity index is 1.57. The molecule has 1 aromatic carbocycles. The lowest BCUT2D eigenvalue weighted by atomic mass is 9.69. The fourth-order valence-electron chi connectivity index (χ4n) is 6.47. The number of halogens is 1. The van der Waals surface area contributed by atoms with Crippen LogP contribution in [0.15, 0.2) is 41.3 Å². The van der Waals surface area contributed by atoms with Gasteiger partial charge < -0.3 is 19.5 Å². The van der Waals surface area contributed by atoms with E-state index in [0.29, 0.717) is 25.4 Å². The molecule has 0 radical (unpaired) electrons. The lowest BCUT2D eigenvalue weighted by molar-refractivity contribution is -0.157. The number of hydrogen-bond donors (Lipinski definition) is 1. The number of nitrogens with zero attached hydrogens (tertiary/aromatic N) is 3. The maximum atomic E-state index is 14.7. The molecule has 40 heavy (non-hydrogen) atoms. The molecule has 2 amide bonds. The number of hydrogen-bond acceptors (Lipinski definition) is 4. The molecule has 1 saturated carbocycles. The number of rotatable bonds is 7. The second-order valence-corrected chi connectivity index (χ2v) is 12.8. The molecule has 0 bridgehead atoms. The van der Waals surface area contributed by atoms with Crippen LogP contribution in [0.5, 0.6) is 0 Å². The molecule has 2 atom stereocenters. The van der Waals surface area contributed by atoms with Crippen molar-refractivity contribution in [2.24, 2.45) is 17.3 Å². The number of aliphatic hydroxyl groups is 1. The molecule has 2 fully saturated rings. The summed E-state index contributed by atoms with van der Waals surface area (Å²) in [5, 5.41) is 11.9. The molecule has 1 aliphatic heterocycles. The number of likely N-dealkylation sites (tertiary alicyclic amines) is 1. The third-order valence-electron chi connectivity index (χ3n) is 9.14. The standard InChI is InChI=1S/C32H44FN3O4/c1-22(17-23-11-7-6-8-12-23)29(38)35-16-15-32(40,31(2,3)20-35)21-36-19-26(30(39)34(4)5)25(18-28(36)37)24-13-9-10-14-27(24)33/h9-10,13-14,18-19,22-23,40H,6-8,11-12,15-17,20-21H2,1-5H3. The highest BCUT2D eigenvalue weighted by atomic mass is 19.1. The first-order chi connectivity index (χ1) is 18.8. The second-order valence-electron chi connectivity index (χ2n) is 12.8. The summed E-state index contributed by atoms with van der Waals surface area (Å²) < 4.78 is 16.0. The van der Waals surface area contributed by atoms with E-state index in [9.17, 15) is 23.9 Å². The van der Waals surface area contributed by atoms with Gasteiger partial charge in [0.1, 0.15) is 5.82 Å². The third-order valence-corrected chi connectivity index (χ3v) is 9.14. The van der Waals surface area contributed by atoms with Crippen LogP contribution in [0.2, 0.25) is 0 Å². The van der Waals surface area contributed by atoms with Gasteiger partial charge in [0.2, 0.25) is 5.91 Å². The van der Waals surface area contributed by atoms with E-state index in [-0.39, 0.29) is 41.0 Å². The van der Waals surface area contributed by atoms with Crippen molar-refractivity contribution >= 4 is 11.8 Å². The molecule has 4 rings (SSSR count). The van der Waals surface area contributed by atoms with Crippen LogP contribution >= 0.6 is 0 Å². The zero-order valence-electron chi connectivity index (χ0n) is 24.6. The van der Waals surface area contributed by atoms with Gasteiger partial charge in [0, 0.05) is 61.9 Å². The Kier molecular flexibility index (Phi) is 8.88. The number of amides is 2. The van der Waals surface area contributed by atoms with Gasteiger partial charge in [0.15, 0.2) is 0 Å². The van der Waals surface area contributed by atoms with Gasteiger partial charge >= 0.3 is 0 Å². The Morgan fingerprint density at radius 3 is 2.42 bits per heavy atom. The molecule has 2 aliphatic rings. The van der Waals surface area contributed by atoms with E-state index in [1.165, 1.54) is 59.9 Å². The molecule has 7 nitrogen and oxygen atoms in total. The Labute approximate surface area is 237 Å². The molecule has 218 valence electrons. The predicted molar refractivity (Wildman–Crippen MR) is 154 cm³/mol. The van der Waals surface area contributed by atoms with Gasteiger partial charge in [-0.3, -0.25) is 14.4 Å². The smallest absolute Gasteiger partial charge is 0.255 e. The van der Waals surface area contributed by atoms with Crippen molar-refractivity contribution in [3.8, 4) is 11.1 Å². The zero-order chi connectivity index (χ0) is 29.2. The fraction of sp³-hybridized carbons (Fsp3) is 0.594. The normalized spacial score (nSPS) is 22.1. The van der Waals surface area contributed by atoms with E-state index in [1.54, 1.807) is 32.3 Å². The van der Waals surface area contributed by atoms with Crippen LogP contribution in [0.25, 0.3) is 11.1 Å². The van der Waals surface area contributed by atoms with Crippen LogP contribution < -0.4 is 5.56 Å². The monoisotopic (exact) mass is 553 g/mol. The number of carbonyl (C=O) groups excluding carboxylic acids is 2.